The number of nitrogens with two attached hydrogens (primary N) is 1. The topological polar surface area (TPSA) is 26.0 Å². The van der Waals surface area contributed by atoms with E-state index in [4.69, 9.17) is 12.2 Å². The Hall–Kier alpha value is -1.37. The Morgan fingerprint density at radius 1 is 1.43 bits per heavy atom. The summed E-state index contributed by atoms with van der Waals surface area (Å²) in [7, 11) is 0. The molecule has 2 aromatic rings. The first-order valence-electron chi connectivity index (χ1n) is 4.11. The van der Waals surface area contributed by atoms with Crippen LogP contribution >= 0.6 is 11.3 Å². The number of fused-ring (bicyclic) bond motifs is 1. The molecule has 1 aromatic carbocycles. The molecule has 1 nitrogen and oxygen atoms in total. The van der Waals surface area contributed by atoms with Gasteiger partial charge in [0.25, 0.3) is 0 Å². The second kappa shape index (κ2) is 3.41. The molecule has 0 aliphatic rings. The molecule has 1 heterocycles. The zero-order valence-electron chi connectivity index (χ0n) is 7.33. The summed E-state index contributed by atoms with van der Waals surface area (Å²) in [5, 5.41) is 0.857. The van der Waals surface area contributed by atoms with Gasteiger partial charge in [0.1, 0.15) is 11.9 Å². The summed E-state index contributed by atoms with van der Waals surface area (Å²) < 4.78 is 13.9. The quantitative estimate of drug-likeness (QED) is 0.712. The van der Waals surface area contributed by atoms with Crippen LogP contribution < -0.4 is 5.73 Å². The Bertz CT molecular complexity index is 509. The molecule has 0 aliphatic carbocycles. The molecular formula is C11H8FNS. The van der Waals surface area contributed by atoms with Crippen LogP contribution in [-0.2, 0) is 0 Å². The zero-order valence-corrected chi connectivity index (χ0v) is 8.14. The van der Waals surface area contributed by atoms with E-state index in [0.29, 0.717) is 0 Å². The van der Waals surface area contributed by atoms with Crippen LogP contribution in [0.15, 0.2) is 24.3 Å². The molecule has 3 heteroatoms. The zero-order chi connectivity index (χ0) is 10.1. The minimum absolute atomic E-state index is 0.240. The molecule has 0 saturated heterocycles. The summed E-state index contributed by atoms with van der Waals surface area (Å²) in [6.07, 6.45) is 5.21. The van der Waals surface area contributed by atoms with E-state index in [1.807, 2.05) is 6.07 Å². The third kappa shape index (κ3) is 1.50. The van der Waals surface area contributed by atoms with Crippen molar-refractivity contribution in [1.29, 1.82) is 0 Å². The van der Waals surface area contributed by atoms with Crippen molar-refractivity contribution in [3.8, 4) is 12.3 Å². The summed E-state index contributed by atoms with van der Waals surface area (Å²) in [5.41, 5.74) is 5.68. The van der Waals surface area contributed by atoms with Crippen molar-refractivity contribution in [1.82, 2.24) is 0 Å². The van der Waals surface area contributed by atoms with Crippen LogP contribution in [0.1, 0.15) is 10.9 Å². The molecule has 0 radical (unpaired) electrons. The van der Waals surface area contributed by atoms with Crippen molar-refractivity contribution in [2.75, 3.05) is 0 Å². The van der Waals surface area contributed by atoms with E-state index in [9.17, 15) is 4.39 Å². The third-order valence-electron chi connectivity index (χ3n) is 1.98. The molecule has 1 atom stereocenters. The van der Waals surface area contributed by atoms with E-state index in [2.05, 4.69) is 5.92 Å². The SMILES string of the molecule is C#CC(N)c1cc2cc(F)ccc2s1. The lowest BCUT2D eigenvalue weighted by Gasteiger charge is -1.96. The van der Waals surface area contributed by atoms with E-state index >= 15 is 0 Å². The molecule has 14 heavy (non-hydrogen) atoms. The highest BCUT2D eigenvalue weighted by Crippen LogP contribution is 2.29. The molecule has 2 rings (SSSR count). The van der Waals surface area contributed by atoms with Crippen LogP contribution in [-0.4, -0.2) is 0 Å². The van der Waals surface area contributed by atoms with Gasteiger partial charge in [-0.15, -0.1) is 17.8 Å². The van der Waals surface area contributed by atoms with Gasteiger partial charge in [-0.05, 0) is 29.7 Å². The molecule has 0 bridgehead atoms. The van der Waals surface area contributed by atoms with Gasteiger partial charge in [-0.3, -0.25) is 0 Å². The highest BCUT2D eigenvalue weighted by atomic mass is 32.1. The van der Waals surface area contributed by atoms with Gasteiger partial charge in [-0.2, -0.15) is 0 Å². The normalized spacial score (nSPS) is 12.6. The average Bonchev–Trinajstić information content (AvgIpc) is 2.59. The van der Waals surface area contributed by atoms with Crippen LogP contribution in [0.3, 0.4) is 0 Å². The predicted octanol–water partition coefficient (Wildman–Crippen LogP) is 2.67. The highest BCUT2D eigenvalue weighted by Gasteiger charge is 2.07. The summed E-state index contributed by atoms with van der Waals surface area (Å²) in [6, 6.07) is 6.11. The number of halogens is 1. The van der Waals surface area contributed by atoms with Gasteiger partial charge in [0.2, 0.25) is 0 Å². The molecular weight excluding hydrogens is 197 g/mol. The van der Waals surface area contributed by atoms with Crippen molar-refractivity contribution in [2.45, 2.75) is 6.04 Å². The fraction of sp³-hybridized carbons (Fsp3) is 0.0909. The summed E-state index contributed by atoms with van der Waals surface area (Å²) in [5.74, 6) is 2.21. The van der Waals surface area contributed by atoms with E-state index in [1.54, 1.807) is 6.07 Å². The maximum atomic E-state index is 12.9. The van der Waals surface area contributed by atoms with Crippen molar-refractivity contribution in [2.24, 2.45) is 5.73 Å². The number of rotatable bonds is 1. The number of benzene rings is 1. The number of hydrogen-bond acceptors (Lipinski definition) is 2. The van der Waals surface area contributed by atoms with Crippen molar-refractivity contribution < 1.29 is 4.39 Å². The van der Waals surface area contributed by atoms with Gasteiger partial charge in [-0.1, -0.05) is 5.92 Å². The largest absolute Gasteiger partial charge is 0.313 e. The molecule has 0 aliphatic heterocycles. The lowest BCUT2D eigenvalue weighted by Crippen LogP contribution is -2.04. The number of hydrogen-bond donors (Lipinski definition) is 1. The molecule has 0 amide bonds. The number of thiophene rings is 1. The van der Waals surface area contributed by atoms with Crippen LogP contribution in [0.25, 0.3) is 10.1 Å². The van der Waals surface area contributed by atoms with Gasteiger partial charge in [0.15, 0.2) is 0 Å². The Morgan fingerprint density at radius 2 is 2.21 bits per heavy atom. The smallest absolute Gasteiger partial charge is 0.123 e. The molecule has 0 saturated carbocycles. The first-order valence-corrected chi connectivity index (χ1v) is 4.93. The van der Waals surface area contributed by atoms with Gasteiger partial charge in [-0.25, -0.2) is 4.39 Å². The molecule has 1 aromatic heterocycles. The second-order valence-corrected chi connectivity index (χ2v) is 4.09. The Morgan fingerprint density at radius 3 is 2.93 bits per heavy atom. The Kier molecular flexibility index (Phi) is 2.24. The maximum Gasteiger partial charge on any atom is 0.123 e. The van der Waals surface area contributed by atoms with E-state index < -0.39 is 6.04 Å². The molecule has 1 unspecified atom stereocenters. The maximum absolute atomic E-state index is 12.9. The molecule has 0 spiro atoms. The lowest BCUT2D eigenvalue weighted by atomic mass is 10.2. The first kappa shape index (κ1) is 9.20. The molecule has 0 fully saturated rings. The molecule has 70 valence electrons. The van der Waals surface area contributed by atoms with Crippen molar-refractivity contribution >= 4 is 21.4 Å². The fourth-order valence-corrected chi connectivity index (χ4v) is 2.28. The fourth-order valence-electron chi connectivity index (χ4n) is 1.27. The third-order valence-corrected chi connectivity index (χ3v) is 3.18. The predicted molar refractivity (Wildman–Crippen MR) is 57.5 cm³/mol. The average molecular weight is 205 g/mol. The van der Waals surface area contributed by atoms with Gasteiger partial charge in [0, 0.05) is 9.58 Å². The highest BCUT2D eigenvalue weighted by molar-refractivity contribution is 7.19. The summed E-state index contributed by atoms with van der Waals surface area (Å²) >= 11 is 1.50. The van der Waals surface area contributed by atoms with E-state index in [0.717, 1.165) is 15.0 Å². The molecule has 2 N–H and O–H groups in total. The Balaban J connectivity index is 2.58. The second-order valence-electron chi connectivity index (χ2n) is 2.98. The van der Waals surface area contributed by atoms with Crippen LogP contribution in [0, 0.1) is 18.2 Å². The van der Waals surface area contributed by atoms with E-state index in [-0.39, 0.29) is 5.82 Å². The van der Waals surface area contributed by atoms with Crippen LogP contribution in [0.5, 0.6) is 0 Å². The minimum Gasteiger partial charge on any atom is -0.313 e. The summed E-state index contributed by atoms with van der Waals surface area (Å²) in [6.45, 7) is 0. The van der Waals surface area contributed by atoms with Gasteiger partial charge < -0.3 is 5.73 Å². The Labute approximate surface area is 85.4 Å². The van der Waals surface area contributed by atoms with Crippen molar-refractivity contribution in [3.63, 3.8) is 0 Å². The monoisotopic (exact) mass is 205 g/mol. The van der Waals surface area contributed by atoms with Crippen molar-refractivity contribution in [3.05, 3.63) is 35.0 Å². The minimum atomic E-state index is -0.393. The first-order chi connectivity index (χ1) is 6.70. The number of terminal acetylenes is 1. The van der Waals surface area contributed by atoms with Gasteiger partial charge >= 0.3 is 0 Å². The summed E-state index contributed by atoms with van der Waals surface area (Å²) in [4.78, 5) is 0.896. The lowest BCUT2D eigenvalue weighted by molar-refractivity contribution is 0.630. The standard InChI is InChI=1S/C11H8FNS/c1-2-9(13)11-6-7-5-8(12)3-4-10(7)14-11/h1,3-6,9H,13H2. The van der Waals surface area contributed by atoms with Crippen LogP contribution in [0.4, 0.5) is 4.39 Å². The van der Waals surface area contributed by atoms with Crippen LogP contribution in [0.2, 0.25) is 0 Å². The van der Waals surface area contributed by atoms with E-state index in [1.165, 1.54) is 23.5 Å². The van der Waals surface area contributed by atoms with Gasteiger partial charge in [0.05, 0.1) is 0 Å².